The van der Waals surface area contributed by atoms with E-state index in [4.69, 9.17) is 4.74 Å². The molecule has 2 heterocycles. The molecule has 1 aromatic carbocycles. The second kappa shape index (κ2) is 5.50. The molecule has 5 heteroatoms. The van der Waals surface area contributed by atoms with Crippen LogP contribution in [0, 0.1) is 17.2 Å². The molecule has 0 bridgehead atoms. The molecule has 2 aliphatic heterocycles. The van der Waals surface area contributed by atoms with Gasteiger partial charge in [-0.2, -0.15) is 0 Å². The van der Waals surface area contributed by atoms with Gasteiger partial charge in [0.2, 0.25) is 5.91 Å². The van der Waals surface area contributed by atoms with Crippen molar-refractivity contribution in [1.82, 2.24) is 10.6 Å². The fourth-order valence-corrected chi connectivity index (χ4v) is 3.16. The molecule has 2 atom stereocenters. The van der Waals surface area contributed by atoms with Crippen LogP contribution in [0.5, 0.6) is 0 Å². The first kappa shape index (κ1) is 13.5. The molecule has 0 spiro atoms. The molecular weight excluding hydrogens is 259 g/mol. The molecular formula is C15H19FN2O2. The van der Waals surface area contributed by atoms with Crippen molar-refractivity contribution in [3.8, 4) is 0 Å². The Hall–Kier alpha value is -1.46. The molecule has 0 aromatic heterocycles. The first-order valence-corrected chi connectivity index (χ1v) is 7.02. The van der Waals surface area contributed by atoms with Crippen molar-refractivity contribution in [2.75, 3.05) is 26.3 Å². The van der Waals surface area contributed by atoms with E-state index >= 15 is 0 Å². The Balaban J connectivity index is 1.68. The maximum atomic E-state index is 13.6. The number of halogens is 1. The van der Waals surface area contributed by atoms with Crippen molar-refractivity contribution in [1.29, 1.82) is 0 Å². The van der Waals surface area contributed by atoms with Gasteiger partial charge in [-0.1, -0.05) is 18.2 Å². The Morgan fingerprint density at radius 2 is 2.35 bits per heavy atom. The van der Waals surface area contributed by atoms with Crippen LogP contribution >= 0.6 is 0 Å². The van der Waals surface area contributed by atoms with Crippen LogP contribution in [0.3, 0.4) is 0 Å². The molecule has 0 aliphatic carbocycles. The molecule has 2 fully saturated rings. The van der Waals surface area contributed by atoms with Crippen LogP contribution in [0.2, 0.25) is 0 Å². The number of hydrogen-bond acceptors (Lipinski definition) is 3. The Labute approximate surface area is 117 Å². The predicted octanol–water partition coefficient (Wildman–Crippen LogP) is 1.07. The number of benzene rings is 1. The molecule has 4 nitrogen and oxygen atoms in total. The van der Waals surface area contributed by atoms with Gasteiger partial charge in [0.25, 0.3) is 0 Å². The summed E-state index contributed by atoms with van der Waals surface area (Å²) in [5.74, 6) is -0.00128. The third-order valence-corrected chi connectivity index (χ3v) is 4.43. The number of carbonyl (C=O) groups excluding carboxylic acids is 1. The van der Waals surface area contributed by atoms with Crippen molar-refractivity contribution in [3.05, 3.63) is 35.6 Å². The van der Waals surface area contributed by atoms with E-state index in [2.05, 4.69) is 10.6 Å². The van der Waals surface area contributed by atoms with Crippen LogP contribution in [-0.2, 0) is 16.1 Å². The lowest BCUT2D eigenvalue weighted by Gasteiger charge is -2.36. The van der Waals surface area contributed by atoms with Crippen LogP contribution in [0.4, 0.5) is 4.39 Å². The molecule has 20 heavy (non-hydrogen) atoms. The molecule has 1 aromatic rings. The highest BCUT2D eigenvalue weighted by Gasteiger charge is 2.50. The van der Waals surface area contributed by atoms with Crippen LogP contribution in [0.25, 0.3) is 0 Å². The van der Waals surface area contributed by atoms with Crippen molar-refractivity contribution in [3.63, 3.8) is 0 Å². The Morgan fingerprint density at radius 3 is 3.20 bits per heavy atom. The van der Waals surface area contributed by atoms with E-state index in [9.17, 15) is 9.18 Å². The molecule has 0 radical (unpaired) electrons. The number of ether oxygens (including phenoxy) is 1. The number of nitrogens with one attached hydrogen (secondary N) is 2. The smallest absolute Gasteiger partial charge is 0.230 e. The summed E-state index contributed by atoms with van der Waals surface area (Å²) in [5, 5.41) is 6.15. The maximum Gasteiger partial charge on any atom is 0.230 e. The standard InChI is InChI=1S/C15H19FN2O2/c16-13-4-2-1-3-11(13)7-18-14(19)15-9-17-8-12(15)5-6-20-10-15/h1-4,12,17H,5-10H2,(H,18,19)/t12-,15+/m1/s1. The van der Waals surface area contributed by atoms with E-state index in [-0.39, 0.29) is 18.3 Å². The molecule has 0 saturated carbocycles. The first-order chi connectivity index (χ1) is 9.72. The minimum Gasteiger partial charge on any atom is -0.380 e. The number of fused-ring (bicyclic) bond motifs is 1. The highest BCUT2D eigenvalue weighted by Crippen LogP contribution is 2.37. The summed E-state index contributed by atoms with van der Waals surface area (Å²) in [5.41, 5.74) is 0.0280. The van der Waals surface area contributed by atoms with Crippen molar-refractivity contribution >= 4 is 5.91 Å². The summed E-state index contributed by atoms with van der Waals surface area (Å²) in [6.07, 6.45) is 0.903. The lowest BCUT2D eigenvalue weighted by Crippen LogP contribution is -2.51. The monoisotopic (exact) mass is 278 g/mol. The van der Waals surface area contributed by atoms with Gasteiger partial charge < -0.3 is 15.4 Å². The highest BCUT2D eigenvalue weighted by atomic mass is 19.1. The molecule has 2 saturated heterocycles. The summed E-state index contributed by atoms with van der Waals surface area (Å²) in [6, 6.07) is 6.51. The zero-order valence-electron chi connectivity index (χ0n) is 11.3. The summed E-state index contributed by atoms with van der Waals surface area (Å²) in [4.78, 5) is 12.5. The fraction of sp³-hybridized carbons (Fsp3) is 0.533. The van der Waals surface area contributed by atoms with E-state index in [0.29, 0.717) is 31.2 Å². The van der Waals surface area contributed by atoms with E-state index in [1.807, 2.05) is 0 Å². The molecule has 3 rings (SSSR count). The molecule has 2 N–H and O–H groups in total. The summed E-state index contributed by atoms with van der Waals surface area (Å²) >= 11 is 0. The number of rotatable bonds is 3. The van der Waals surface area contributed by atoms with E-state index < -0.39 is 5.41 Å². The van der Waals surface area contributed by atoms with Crippen molar-refractivity contribution < 1.29 is 13.9 Å². The lowest BCUT2D eigenvalue weighted by atomic mass is 9.75. The first-order valence-electron chi connectivity index (χ1n) is 7.02. The van der Waals surface area contributed by atoms with Gasteiger partial charge in [0, 0.05) is 25.3 Å². The maximum absolute atomic E-state index is 13.6. The SMILES string of the molecule is O=C(NCc1ccccc1F)[C@]12CNC[C@H]1CCOC2. The summed E-state index contributed by atoms with van der Waals surface area (Å²) in [7, 11) is 0. The van der Waals surface area contributed by atoms with Gasteiger partial charge in [0.1, 0.15) is 5.82 Å². The molecule has 1 amide bonds. The third-order valence-electron chi connectivity index (χ3n) is 4.43. The summed E-state index contributed by atoms with van der Waals surface area (Å²) in [6.45, 7) is 2.89. The highest BCUT2D eigenvalue weighted by molar-refractivity contribution is 5.84. The number of hydrogen-bond donors (Lipinski definition) is 2. The zero-order chi connectivity index (χ0) is 14.0. The van der Waals surface area contributed by atoms with Gasteiger partial charge in [0.15, 0.2) is 0 Å². The normalized spacial score (nSPS) is 28.9. The van der Waals surface area contributed by atoms with E-state index in [1.54, 1.807) is 18.2 Å². The minimum absolute atomic E-state index is 0.0320. The van der Waals surface area contributed by atoms with Crippen LogP contribution in [0.1, 0.15) is 12.0 Å². The van der Waals surface area contributed by atoms with Gasteiger partial charge >= 0.3 is 0 Å². The molecule has 2 aliphatic rings. The van der Waals surface area contributed by atoms with Crippen LogP contribution in [0.15, 0.2) is 24.3 Å². The Morgan fingerprint density at radius 1 is 1.50 bits per heavy atom. The van der Waals surface area contributed by atoms with Crippen LogP contribution in [-0.4, -0.2) is 32.2 Å². The topological polar surface area (TPSA) is 50.4 Å². The van der Waals surface area contributed by atoms with Gasteiger partial charge in [-0.3, -0.25) is 4.79 Å². The van der Waals surface area contributed by atoms with Gasteiger partial charge in [-0.15, -0.1) is 0 Å². The van der Waals surface area contributed by atoms with Crippen molar-refractivity contribution in [2.45, 2.75) is 13.0 Å². The average Bonchev–Trinajstić information content (AvgIpc) is 2.91. The second-order valence-electron chi connectivity index (χ2n) is 5.60. The predicted molar refractivity (Wildman–Crippen MR) is 72.5 cm³/mol. The lowest BCUT2D eigenvalue weighted by molar-refractivity contribution is -0.141. The second-order valence-corrected chi connectivity index (χ2v) is 5.60. The fourth-order valence-electron chi connectivity index (χ4n) is 3.16. The summed E-state index contributed by atoms with van der Waals surface area (Å²) < 4.78 is 19.1. The van der Waals surface area contributed by atoms with Gasteiger partial charge in [-0.05, 0) is 24.9 Å². The van der Waals surface area contributed by atoms with E-state index in [1.165, 1.54) is 6.07 Å². The third kappa shape index (κ3) is 2.31. The number of amides is 1. The zero-order valence-corrected chi connectivity index (χ0v) is 11.3. The van der Waals surface area contributed by atoms with Crippen molar-refractivity contribution in [2.24, 2.45) is 11.3 Å². The van der Waals surface area contributed by atoms with E-state index in [0.717, 1.165) is 13.0 Å². The minimum atomic E-state index is -0.483. The Kier molecular flexibility index (Phi) is 3.72. The molecule has 0 unspecified atom stereocenters. The molecule has 108 valence electrons. The number of carbonyl (C=O) groups is 1. The quantitative estimate of drug-likeness (QED) is 0.869. The average molecular weight is 278 g/mol. The van der Waals surface area contributed by atoms with Gasteiger partial charge in [0.05, 0.1) is 12.0 Å². The Bertz CT molecular complexity index is 508. The van der Waals surface area contributed by atoms with Gasteiger partial charge in [-0.25, -0.2) is 4.39 Å². The largest absolute Gasteiger partial charge is 0.380 e. The van der Waals surface area contributed by atoms with Crippen LogP contribution < -0.4 is 10.6 Å².